The van der Waals surface area contributed by atoms with Crippen LogP contribution in [0, 0.1) is 6.92 Å². The molecule has 0 unspecified atom stereocenters. The Morgan fingerprint density at radius 1 is 0.941 bits per heavy atom. The fraction of sp³-hybridized carbons (Fsp3) is 0.185. The van der Waals surface area contributed by atoms with Crippen molar-refractivity contribution in [2.75, 3.05) is 6.61 Å². The highest BCUT2D eigenvalue weighted by atomic mass is 35.5. The van der Waals surface area contributed by atoms with Crippen LogP contribution in [-0.2, 0) is 17.9 Å². The molecule has 4 rings (SSSR count). The average molecular weight is 494 g/mol. The summed E-state index contributed by atoms with van der Waals surface area (Å²) in [4.78, 5) is 27.0. The van der Waals surface area contributed by atoms with Gasteiger partial charge in [0.1, 0.15) is 6.61 Å². The second kappa shape index (κ2) is 10.8. The number of benzene rings is 3. The number of nitrogens with zero attached hydrogens (tertiary/aromatic N) is 1. The summed E-state index contributed by atoms with van der Waals surface area (Å²) in [5.41, 5.74) is 3.83. The molecule has 0 radical (unpaired) electrons. The highest BCUT2D eigenvalue weighted by molar-refractivity contribution is 8.18. The van der Waals surface area contributed by atoms with Gasteiger partial charge < -0.3 is 9.47 Å². The third-order valence-corrected chi connectivity index (χ3v) is 6.33. The Morgan fingerprint density at radius 3 is 2.47 bits per heavy atom. The van der Waals surface area contributed by atoms with E-state index < -0.39 is 0 Å². The fourth-order valence-corrected chi connectivity index (χ4v) is 4.49. The van der Waals surface area contributed by atoms with Gasteiger partial charge in [-0.3, -0.25) is 14.5 Å². The van der Waals surface area contributed by atoms with Gasteiger partial charge in [-0.2, -0.15) is 0 Å². The van der Waals surface area contributed by atoms with E-state index in [0.29, 0.717) is 34.6 Å². The standard InChI is InChI=1S/C27H24ClNO4S/c1-3-32-24-14-20(9-12-23(24)33-17-21-6-4-5-18(2)13-21)15-25-26(30)29(27(31)34-25)16-19-7-10-22(28)11-8-19/h4-15H,3,16-17H2,1-2H3/b25-15-. The van der Waals surface area contributed by atoms with E-state index in [2.05, 4.69) is 6.07 Å². The molecule has 0 atom stereocenters. The van der Waals surface area contributed by atoms with Crippen molar-refractivity contribution in [3.05, 3.63) is 98.9 Å². The normalized spacial score (nSPS) is 14.7. The van der Waals surface area contributed by atoms with Crippen molar-refractivity contribution in [2.24, 2.45) is 0 Å². The number of imide groups is 1. The van der Waals surface area contributed by atoms with Crippen molar-refractivity contribution in [1.29, 1.82) is 0 Å². The second-order valence-electron chi connectivity index (χ2n) is 7.81. The third-order valence-electron chi connectivity index (χ3n) is 5.17. The van der Waals surface area contributed by atoms with Gasteiger partial charge in [0.15, 0.2) is 11.5 Å². The summed E-state index contributed by atoms with van der Waals surface area (Å²) >= 11 is 6.85. The van der Waals surface area contributed by atoms with Gasteiger partial charge >= 0.3 is 0 Å². The molecular weight excluding hydrogens is 470 g/mol. The van der Waals surface area contributed by atoms with Crippen molar-refractivity contribution in [3.8, 4) is 11.5 Å². The number of carbonyl (C=O) groups excluding carboxylic acids is 2. The van der Waals surface area contributed by atoms with Crippen LogP contribution in [0.4, 0.5) is 4.79 Å². The number of aryl methyl sites for hydroxylation is 1. The first kappa shape index (κ1) is 23.9. The molecule has 1 fully saturated rings. The lowest BCUT2D eigenvalue weighted by Crippen LogP contribution is -2.27. The number of hydrogen-bond acceptors (Lipinski definition) is 5. The van der Waals surface area contributed by atoms with E-state index in [0.717, 1.165) is 28.5 Å². The predicted molar refractivity (Wildman–Crippen MR) is 136 cm³/mol. The number of amides is 2. The third kappa shape index (κ3) is 5.82. The van der Waals surface area contributed by atoms with Crippen molar-refractivity contribution < 1.29 is 19.1 Å². The van der Waals surface area contributed by atoms with E-state index in [1.165, 1.54) is 10.5 Å². The van der Waals surface area contributed by atoms with Crippen LogP contribution >= 0.6 is 23.4 Å². The topological polar surface area (TPSA) is 55.8 Å². The molecule has 7 heteroatoms. The van der Waals surface area contributed by atoms with Gasteiger partial charge in [0, 0.05) is 5.02 Å². The minimum atomic E-state index is -0.317. The van der Waals surface area contributed by atoms with E-state index in [4.69, 9.17) is 21.1 Å². The maximum Gasteiger partial charge on any atom is 0.293 e. The molecule has 0 aromatic heterocycles. The predicted octanol–water partition coefficient (Wildman–Crippen LogP) is 6.86. The summed E-state index contributed by atoms with van der Waals surface area (Å²) in [5.74, 6) is 0.892. The molecule has 5 nitrogen and oxygen atoms in total. The maximum atomic E-state index is 12.9. The first-order valence-corrected chi connectivity index (χ1v) is 12.1. The monoisotopic (exact) mass is 493 g/mol. The molecule has 0 N–H and O–H groups in total. The van der Waals surface area contributed by atoms with Crippen LogP contribution in [0.1, 0.15) is 29.2 Å². The summed E-state index contributed by atoms with van der Waals surface area (Å²) in [7, 11) is 0. The van der Waals surface area contributed by atoms with Crippen molar-refractivity contribution in [3.63, 3.8) is 0 Å². The van der Waals surface area contributed by atoms with Crippen LogP contribution in [0.3, 0.4) is 0 Å². The van der Waals surface area contributed by atoms with Crippen molar-refractivity contribution in [2.45, 2.75) is 27.0 Å². The summed E-state index contributed by atoms with van der Waals surface area (Å²) in [6, 6.07) is 20.7. The van der Waals surface area contributed by atoms with Crippen LogP contribution in [0.5, 0.6) is 11.5 Å². The first-order chi connectivity index (χ1) is 16.4. The quantitative estimate of drug-likeness (QED) is 0.321. The molecule has 3 aromatic carbocycles. The Labute approximate surface area is 208 Å². The van der Waals surface area contributed by atoms with E-state index >= 15 is 0 Å². The van der Waals surface area contributed by atoms with Crippen LogP contribution in [-0.4, -0.2) is 22.7 Å². The molecule has 3 aromatic rings. The van der Waals surface area contributed by atoms with Gasteiger partial charge in [-0.25, -0.2) is 0 Å². The molecule has 0 aliphatic carbocycles. The Hall–Kier alpha value is -3.22. The van der Waals surface area contributed by atoms with Crippen molar-refractivity contribution in [1.82, 2.24) is 4.90 Å². The summed E-state index contributed by atoms with van der Waals surface area (Å²) in [6.45, 7) is 5.04. The highest BCUT2D eigenvalue weighted by Crippen LogP contribution is 2.35. The Bertz CT molecular complexity index is 1240. The summed E-state index contributed by atoms with van der Waals surface area (Å²) in [5, 5.41) is 0.309. The average Bonchev–Trinajstić information content (AvgIpc) is 3.07. The van der Waals surface area contributed by atoms with Crippen LogP contribution in [0.2, 0.25) is 5.02 Å². The molecule has 1 aliphatic heterocycles. The smallest absolute Gasteiger partial charge is 0.293 e. The maximum absolute atomic E-state index is 12.9. The van der Waals surface area contributed by atoms with Crippen LogP contribution < -0.4 is 9.47 Å². The van der Waals surface area contributed by atoms with Gasteiger partial charge in [-0.1, -0.05) is 59.6 Å². The lowest BCUT2D eigenvalue weighted by Gasteiger charge is -2.13. The molecule has 34 heavy (non-hydrogen) atoms. The van der Waals surface area contributed by atoms with E-state index in [1.54, 1.807) is 30.3 Å². The molecular formula is C27H24ClNO4S. The van der Waals surface area contributed by atoms with Gasteiger partial charge in [0.25, 0.3) is 11.1 Å². The van der Waals surface area contributed by atoms with Gasteiger partial charge in [-0.15, -0.1) is 0 Å². The lowest BCUT2D eigenvalue weighted by molar-refractivity contribution is -0.123. The molecule has 0 bridgehead atoms. The number of halogens is 1. The Morgan fingerprint density at radius 2 is 1.74 bits per heavy atom. The zero-order valence-electron chi connectivity index (χ0n) is 18.9. The first-order valence-electron chi connectivity index (χ1n) is 10.9. The summed E-state index contributed by atoms with van der Waals surface area (Å²) < 4.78 is 11.8. The Kier molecular flexibility index (Phi) is 7.60. The number of carbonyl (C=O) groups is 2. The summed E-state index contributed by atoms with van der Waals surface area (Å²) in [6.07, 6.45) is 1.71. The molecule has 1 heterocycles. The highest BCUT2D eigenvalue weighted by Gasteiger charge is 2.35. The zero-order chi connectivity index (χ0) is 24.1. The van der Waals surface area contributed by atoms with Gasteiger partial charge in [0.2, 0.25) is 0 Å². The van der Waals surface area contributed by atoms with Crippen LogP contribution in [0.25, 0.3) is 6.08 Å². The SMILES string of the molecule is CCOc1cc(/C=C2\SC(=O)N(Cc3ccc(Cl)cc3)C2=O)ccc1OCc1cccc(C)c1. The number of ether oxygens (including phenoxy) is 2. The van der Waals surface area contributed by atoms with E-state index in [9.17, 15) is 9.59 Å². The molecule has 1 aliphatic rings. The molecule has 0 spiro atoms. The molecule has 0 saturated carbocycles. The number of thioether (sulfide) groups is 1. The minimum Gasteiger partial charge on any atom is -0.490 e. The van der Waals surface area contributed by atoms with Gasteiger partial charge in [-0.05, 0) is 72.6 Å². The number of rotatable bonds is 8. The second-order valence-corrected chi connectivity index (χ2v) is 9.24. The fourth-order valence-electron chi connectivity index (χ4n) is 3.53. The van der Waals surface area contributed by atoms with E-state index in [-0.39, 0.29) is 17.7 Å². The van der Waals surface area contributed by atoms with Crippen molar-refractivity contribution >= 4 is 40.6 Å². The Balaban J connectivity index is 1.50. The molecule has 2 amide bonds. The lowest BCUT2D eigenvalue weighted by atomic mass is 10.1. The number of hydrogen-bond donors (Lipinski definition) is 0. The largest absolute Gasteiger partial charge is 0.490 e. The molecule has 1 saturated heterocycles. The zero-order valence-corrected chi connectivity index (χ0v) is 20.5. The molecule has 174 valence electrons. The van der Waals surface area contributed by atoms with Crippen LogP contribution in [0.15, 0.2) is 71.6 Å². The van der Waals surface area contributed by atoms with E-state index in [1.807, 2.05) is 50.2 Å². The minimum absolute atomic E-state index is 0.203. The van der Waals surface area contributed by atoms with Gasteiger partial charge in [0.05, 0.1) is 18.1 Å².